The number of nitrogens with one attached hydrogen (secondary N) is 3. The summed E-state index contributed by atoms with van der Waals surface area (Å²) < 4.78 is 22.2. The maximum Gasteiger partial charge on any atom is 0.428 e. The normalized spacial score (nSPS) is 25.0. The van der Waals surface area contributed by atoms with Crippen LogP contribution in [-0.4, -0.2) is 45.2 Å². The first-order valence-electron chi connectivity index (χ1n) is 10.9. The Morgan fingerprint density at radius 1 is 1.35 bits per heavy atom. The topological polar surface area (TPSA) is 132 Å². The fraction of sp³-hybridized carbons (Fsp3) is 0.435. The van der Waals surface area contributed by atoms with Gasteiger partial charge in [-0.25, -0.2) is 14.6 Å². The number of ether oxygens (including phenoxy) is 1. The van der Waals surface area contributed by atoms with Crippen molar-refractivity contribution in [3.63, 3.8) is 0 Å². The minimum atomic E-state index is -1.55. The number of rotatable bonds is 5. The predicted molar refractivity (Wildman–Crippen MR) is 125 cm³/mol. The third kappa shape index (κ3) is 4.82. The van der Waals surface area contributed by atoms with Crippen molar-refractivity contribution in [1.82, 2.24) is 20.9 Å². The Bertz CT molecular complexity index is 1200. The van der Waals surface area contributed by atoms with E-state index in [4.69, 9.17) is 4.74 Å². The van der Waals surface area contributed by atoms with Crippen LogP contribution in [0.3, 0.4) is 0 Å². The Morgan fingerprint density at radius 3 is 2.74 bits per heavy atom. The standard InChI is InChI=1S/C23H24BrFN6O3/c1-13-9-18(29-28-13)20(32)27-14(2)11-22(25)5-7-23(8-6-22)19(30-31-21(33)34-23)16-10-15(12-26)3-4-17(16)24/h3-4,9-10,14H,5-8,11H2,1-2H3,(H,27,32)(H,28,29)(H,31,33)/t14-,22?,23?/m0/s1. The van der Waals surface area contributed by atoms with Gasteiger partial charge >= 0.3 is 6.09 Å². The van der Waals surface area contributed by atoms with Gasteiger partial charge in [-0.05, 0) is 63.8 Å². The second-order valence-corrected chi connectivity index (χ2v) is 9.78. The van der Waals surface area contributed by atoms with Crippen LogP contribution in [0, 0.1) is 18.3 Å². The molecule has 9 nitrogen and oxygen atoms in total. The smallest absolute Gasteiger partial charge is 0.428 e. The van der Waals surface area contributed by atoms with Gasteiger partial charge in [0, 0.05) is 28.2 Å². The van der Waals surface area contributed by atoms with Crippen LogP contribution in [0.1, 0.15) is 66.3 Å². The van der Waals surface area contributed by atoms with Crippen molar-refractivity contribution in [1.29, 1.82) is 5.26 Å². The van der Waals surface area contributed by atoms with Gasteiger partial charge in [0.05, 0.1) is 11.6 Å². The third-order valence-electron chi connectivity index (χ3n) is 6.27. The molecule has 1 saturated carbocycles. The molecular formula is C23H24BrFN6O3. The number of alkyl halides is 1. The van der Waals surface area contributed by atoms with E-state index in [1.807, 2.05) is 0 Å². The van der Waals surface area contributed by atoms with Gasteiger partial charge in [-0.15, -0.1) is 0 Å². The molecule has 3 N–H and O–H groups in total. The zero-order chi connectivity index (χ0) is 24.5. The average molecular weight is 531 g/mol. The molecule has 1 atom stereocenters. The second-order valence-electron chi connectivity index (χ2n) is 8.93. The largest absolute Gasteiger partial charge is 0.435 e. The lowest BCUT2D eigenvalue weighted by Crippen LogP contribution is -2.55. The van der Waals surface area contributed by atoms with Gasteiger partial charge in [0.15, 0.2) is 5.60 Å². The van der Waals surface area contributed by atoms with Crippen molar-refractivity contribution < 1.29 is 18.7 Å². The van der Waals surface area contributed by atoms with Crippen LogP contribution in [0.5, 0.6) is 0 Å². The van der Waals surface area contributed by atoms with Crippen LogP contribution in [0.4, 0.5) is 9.18 Å². The summed E-state index contributed by atoms with van der Waals surface area (Å²) in [6.45, 7) is 3.55. The predicted octanol–water partition coefficient (Wildman–Crippen LogP) is 4.03. The van der Waals surface area contributed by atoms with Gasteiger partial charge in [-0.3, -0.25) is 9.89 Å². The molecule has 2 aliphatic rings. The van der Waals surface area contributed by atoms with E-state index in [2.05, 4.69) is 48.0 Å². The average Bonchev–Trinajstić information content (AvgIpc) is 3.23. The second kappa shape index (κ2) is 9.18. The fourth-order valence-corrected chi connectivity index (χ4v) is 5.05. The lowest BCUT2D eigenvalue weighted by molar-refractivity contribution is -0.0239. The Balaban J connectivity index is 1.48. The van der Waals surface area contributed by atoms with Crippen molar-refractivity contribution in [3.8, 4) is 6.07 Å². The summed E-state index contributed by atoms with van der Waals surface area (Å²) in [5.74, 6) is -0.364. The molecule has 2 amide bonds. The fourth-order valence-electron chi connectivity index (χ4n) is 4.61. The molecule has 1 aromatic heterocycles. The van der Waals surface area contributed by atoms with Gasteiger partial charge in [0.1, 0.15) is 17.1 Å². The Kier molecular flexibility index (Phi) is 6.45. The minimum absolute atomic E-state index is 0.116. The molecule has 11 heteroatoms. The maximum absolute atomic E-state index is 15.8. The molecule has 2 aromatic rings. The van der Waals surface area contributed by atoms with E-state index in [1.54, 1.807) is 38.1 Å². The number of nitriles is 1. The van der Waals surface area contributed by atoms with Crippen molar-refractivity contribution in [2.75, 3.05) is 0 Å². The monoisotopic (exact) mass is 530 g/mol. The van der Waals surface area contributed by atoms with Crippen molar-refractivity contribution >= 4 is 33.6 Å². The zero-order valence-electron chi connectivity index (χ0n) is 18.7. The SMILES string of the molecule is Cc1cc(C(=O)N[C@@H](C)CC2(F)CCC3(CC2)OC(=O)NN=C3c2cc(C#N)ccc2Br)n[nH]1. The summed E-state index contributed by atoms with van der Waals surface area (Å²) in [5.41, 5.74) is 2.19. The summed E-state index contributed by atoms with van der Waals surface area (Å²) >= 11 is 3.48. The van der Waals surface area contributed by atoms with Gasteiger partial charge in [0.25, 0.3) is 5.91 Å². The first-order valence-corrected chi connectivity index (χ1v) is 11.7. The van der Waals surface area contributed by atoms with Gasteiger partial charge < -0.3 is 10.1 Å². The van der Waals surface area contributed by atoms with Crippen LogP contribution in [0.25, 0.3) is 0 Å². The Hall–Kier alpha value is -3.26. The van der Waals surface area contributed by atoms with Gasteiger partial charge in [-0.2, -0.15) is 15.5 Å². The summed E-state index contributed by atoms with van der Waals surface area (Å²) in [6, 6.07) is 8.36. The van der Waals surface area contributed by atoms with Crippen LogP contribution in [0.15, 0.2) is 33.8 Å². The number of nitrogens with zero attached hydrogens (tertiary/aromatic N) is 3. The molecule has 34 heavy (non-hydrogen) atoms. The molecule has 1 aromatic carbocycles. The van der Waals surface area contributed by atoms with E-state index in [0.717, 1.165) is 5.69 Å². The van der Waals surface area contributed by atoms with Crippen LogP contribution >= 0.6 is 15.9 Å². The molecule has 178 valence electrons. The number of aryl methyl sites for hydroxylation is 1. The molecule has 1 aliphatic carbocycles. The highest BCUT2D eigenvalue weighted by Gasteiger charge is 2.51. The maximum atomic E-state index is 15.8. The summed E-state index contributed by atoms with van der Waals surface area (Å²) in [4.78, 5) is 24.4. The molecule has 0 saturated heterocycles. The molecular weight excluding hydrogens is 507 g/mol. The number of halogens is 2. The number of H-pyrrole nitrogens is 1. The number of hydrazone groups is 1. The Labute approximate surface area is 204 Å². The van der Waals surface area contributed by atoms with E-state index in [0.29, 0.717) is 21.3 Å². The lowest BCUT2D eigenvalue weighted by atomic mass is 9.71. The number of aromatic amines is 1. The molecule has 4 rings (SSSR count). The first kappa shape index (κ1) is 23.9. The number of hydrogen-bond acceptors (Lipinski definition) is 6. The third-order valence-corrected chi connectivity index (χ3v) is 6.96. The number of carbonyl (C=O) groups is 2. The molecule has 1 fully saturated rings. The van der Waals surface area contributed by atoms with Crippen molar-refractivity contribution in [3.05, 3.63) is 51.3 Å². The van der Waals surface area contributed by atoms with Crippen LogP contribution in [0.2, 0.25) is 0 Å². The van der Waals surface area contributed by atoms with E-state index in [1.165, 1.54) is 0 Å². The minimum Gasteiger partial charge on any atom is -0.435 e. The molecule has 1 aliphatic heterocycles. The zero-order valence-corrected chi connectivity index (χ0v) is 20.3. The summed E-state index contributed by atoms with van der Waals surface area (Å²) in [7, 11) is 0. The van der Waals surface area contributed by atoms with Crippen molar-refractivity contribution in [2.45, 2.75) is 63.3 Å². The quantitative estimate of drug-likeness (QED) is 0.536. The number of carbonyl (C=O) groups excluding carboxylic acids is 2. The highest BCUT2D eigenvalue weighted by atomic mass is 79.9. The molecule has 0 bridgehead atoms. The summed E-state index contributed by atoms with van der Waals surface area (Å²) in [6.07, 6.45) is 0.103. The van der Waals surface area contributed by atoms with E-state index in [9.17, 15) is 14.9 Å². The summed E-state index contributed by atoms with van der Waals surface area (Å²) in [5, 5.41) is 23.0. The molecule has 0 radical (unpaired) electrons. The highest BCUT2D eigenvalue weighted by Crippen LogP contribution is 2.45. The van der Waals surface area contributed by atoms with Crippen LogP contribution < -0.4 is 10.7 Å². The molecule has 1 spiro atoms. The first-order chi connectivity index (χ1) is 16.1. The number of hydrogen-bond donors (Lipinski definition) is 3. The number of benzene rings is 1. The molecule has 2 heterocycles. The van der Waals surface area contributed by atoms with E-state index < -0.39 is 23.4 Å². The number of aromatic nitrogens is 2. The van der Waals surface area contributed by atoms with Crippen LogP contribution in [-0.2, 0) is 4.74 Å². The van der Waals surface area contributed by atoms with E-state index in [-0.39, 0.29) is 43.7 Å². The number of amides is 2. The highest BCUT2D eigenvalue weighted by molar-refractivity contribution is 9.10. The lowest BCUT2D eigenvalue weighted by Gasteiger charge is -2.44. The van der Waals surface area contributed by atoms with Crippen molar-refractivity contribution in [2.24, 2.45) is 5.10 Å². The van der Waals surface area contributed by atoms with Gasteiger partial charge in [0.2, 0.25) is 0 Å². The van der Waals surface area contributed by atoms with Gasteiger partial charge in [-0.1, -0.05) is 15.9 Å². The molecule has 0 unspecified atom stereocenters. The van der Waals surface area contributed by atoms with E-state index >= 15 is 4.39 Å². The Morgan fingerprint density at radius 2 is 2.09 bits per heavy atom.